The fourth-order valence-electron chi connectivity index (χ4n) is 2.37. The molecule has 1 amide bonds. The molecule has 1 aromatic carbocycles. The molecule has 2 aromatic heterocycles. The van der Waals surface area contributed by atoms with Gasteiger partial charge in [-0.15, -0.1) is 21.5 Å². The summed E-state index contributed by atoms with van der Waals surface area (Å²) in [5, 5.41) is 16.8. The average Bonchev–Trinajstić information content (AvgIpc) is 3.27. The number of thiophene rings is 1. The van der Waals surface area contributed by atoms with Crippen molar-refractivity contribution >= 4 is 40.5 Å². The van der Waals surface area contributed by atoms with Crippen LogP contribution in [-0.4, -0.2) is 38.7 Å². The van der Waals surface area contributed by atoms with Crippen molar-refractivity contribution in [3.63, 3.8) is 0 Å². The van der Waals surface area contributed by atoms with Crippen LogP contribution in [0.5, 0.6) is 0 Å². The first-order valence-corrected chi connectivity index (χ1v) is 9.22. The van der Waals surface area contributed by atoms with Crippen LogP contribution in [0.4, 0.5) is 5.69 Å². The van der Waals surface area contributed by atoms with Gasteiger partial charge >= 0.3 is 5.97 Å². The van der Waals surface area contributed by atoms with E-state index in [0.717, 1.165) is 20.8 Å². The van der Waals surface area contributed by atoms with E-state index >= 15 is 0 Å². The number of aromatic nitrogens is 4. The lowest BCUT2D eigenvalue weighted by molar-refractivity contribution is -0.148. The van der Waals surface area contributed by atoms with Crippen LogP contribution in [0.15, 0.2) is 29.6 Å². The molecule has 2 heterocycles. The maximum Gasteiger partial charge on any atom is 0.330 e. The quantitative estimate of drug-likeness (QED) is 0.633. The van der Waals surface area contributed by atoms with Gasteiger partial charge in [0.15, 0.2) is 13.2 Å². The van der Waals surface area contributed by atoms with Crippen molar-refractivity contribution in [2.75, 3.05) is 11.9 Å². The number of carbonyl (C=O) groups is 2. The summed E-state index contributed by atoms with van der Waals surface area (Å²) in [7, 11) is 0. The maximum atomic E-state index is 12.0. The molecular formula is C17H16ClN5O3S. The van der Waals surface area contributed by atoms with E-state index in [2.05, 4.69) is 20.7 Å². The lowest BCUT2D eigenvalue weighted by Crippen LogP contribution is -2.24. The predicted molar refractivity (Wildman–Crippen MR) is 102 cm³/mol. The number of hydrogen-bond acceptors (Lipinski definition) is 7. The van der Waals surface area contributed by atoms with Gasteiger partial charge < -0.3 is 10.1 Å². The van der Waals surface area contributed by atoms with Crippen LogP contribution in [0.2, 0.25) is 5.02 Å². The van der Waals surface area contributed by atoms with Gasteiger partial charge in [-0.3, -0.25) is 4.79 Å². The van der Waals surface area contributed by atoms with Gasteiger partial charge in [-0.25, -0.2) is 4.79 Å². The molecule has 1 N–H and O–H groups in total. The normalized spacial score (nSPS) is 10.6. The fourth-order valence-corrected chi connectivity index (χ4v) is 3.39. The van der Waals surface area contributed by atoms with Crippen LogP contribution >= 0.6 is 22.9 Å². The molecule has 8 nitrogen and oxygen atoms in total. The van der Waals surface area contributed by atoms with E-state index in [-0.39, 0.29) is 6.54 Å². The average molecular weight is 406 g/mol. The lowest BCUT2D eigenvalue weighted by atomic mass is 10.1. The summed E-state index contributed by atoms with van der Waals surface area (Å²) < 4.78 is 4.96. The number of nitrogens with one attached hydrogen (secondary N) is 1. The van der Waals surface area contributed by atoms with Crippen LogP contribution in [0, 0.1) is 13.8 Å². The molecule has 10 heteroatoms. The molecule has 140 valence electrons. The van der Waals surface area contributed by atoms with Gasteiger partial charge in [-0.2, -0.15) is 4.80 Å². The first-order chi connectivity index (χ1) is 12.9. The summed E-state index contributed by atoms with van der Waals surface area (Å²) in [5.74, 6) is -0.699. The van der Waals surface area contributed by atoms with Crippen molar-refractivity contribution in [2.24, 2.45) is 0 Å². The molecule has 27 heavy (non-hydrogen) atoms. The number of carbonyl (C=O) groups excluding carboxylic acids is 2. The highest BCUT2D eigenvalue weighted by atomic mass is 35.5. The first-order valence-electron chi connectivity index (χ1n) is 7.96. The van der Waals surface area contributed by atoms with Crippen molar-refractivity contribution in [1.29, 1.82) is 0 Å². The molecule has 0 saturated carbocycles. The molecule has 0 fully saturated rings. The number of anilines is 1. The van der Waals surface area contributed by atoms with Gasteiger partial charge in [0.2, 0.25) is 5.82 Å². The lowest BCUT2D eigenvalue weighted by Gasteiger charge is -2.11. The number of ether oxygens (including phenoxy) is 1. The van der Waals surface area contributed by atoms with Gasteiger partial charge in [-0.1, -0.05) is 23.7 Å². The van der Waals surface area contributed by atoms with Crippen molar-refractivity contribution in [3.8, 4) is 10.7 Å². The molecule has 0 aliphatic carbocycles. The van der Waals surface area contributed by atoms with E-state index in [4.69, 9.17) is 16.3 Å². The number of hydrogen-bond donors (Lipinski definition) is 1. The molecule has 3 aromatic rings. The summed E-state index contributed by atoms with van der Waals surface area (Å²) in [6.07, 6.45) is 0. The Morgan fingerprint density at radius 3 is 2.85 bits per heavy atom. The predicted octanol–water partition coefficient (Wildman–Crippen LogP) is 2.85. The summed E-state index contributed by atoms with van der Waals surface area (Å²) in [6.45, 7) is 3.07. The second-order valence-electron chi connectivity index (χ2n) is 5.77. The summed E-state index contributed by atoms with van der Waals surface area (Å²) >= 11 is 7.61. The third-order valence-electron chi connectivity index (χ3n) is 3.53. The van der Waals surface area contributed by atoms with E-state index in [9.17, 15) is 9.59 Å². The van der Waals surface area contributed by atoms with E-state index in [1.165, 1.54) is 11.3 Å². The Kier molecular flexibility index (Phi) is 5.82. The second kappa shape index (κ2) is 8.28. The van der Waals surface area contributed by atoms with Gasteiger partial charge in [0.1, 0.15) is 0 Å². The molecule has 0 bridgehead atoms. The molecular weight excluding hydrogens is 390 g/mol. The van der Waals surface area contributed by atoms with E-state index in [1.54, 1.807) is 6.07 Å². The van der Waals surface area contributed by atoms with Crippen LogP contribution in [0.1, 0.15) is 11.1 Å². The Hall–Kier alpha value is -2.78. The molecule has 0 spiro atoms. The molecule has 0 radical (unpaired) electrons. The van der Waals surface area contributed by atoms with Crippen LogP contribution in [0.25, 0.3) is 10.7 Å². The Morgan fingerprint density at radius 2 is 2.15 bits per heavy atom. The fraction of sp³-hybridized carbons (Fsp3) is 0.235. The monoisotopic (exact) mass is 405 g/mol. The van der Waals surface area contributed by atoms with E-state index in [1.807, 2.05) is 37.4 Å². The SMILES string of the molecule is Cc1cc(C)c(NC(=O)COC(=O)Cn2nnc(-c3cccs3)n2)c(Cl)c1. The van der Waals surface area contributed by atoms with Crippen LogP contribution < -0.4 is 5.32 Å². The number of esters is 1. The number of amides is 1. The van der Waals surface area contributed by atoms with E-state index < -0.39 is 18.5 Å². The minimum absolute atomic E-state index is 0.240. The van der Waals surface area contributed by atoms with Gasteiger partial charge in [0, 0.05) is 0 Å². The molecule has 0 saturated heterocycles. The Labute approximate surface area is 164 Å². The van der Waals surface area contributed by atoms with Crippen LogP contribution in [0.3, 0.4) is 0 Å². The Morgan fingerprint density at radius 1 is 1.33 bits per heavy atom. The zero-order valence-corrected chi connectivity index (χ0v) is 16.2. The minimum atomic E-state index is -0.646. The summed E-state index contributed by atoms with van der Waals surface area (Å²) in [6, 6.07) is 7.37. The number of aryl methyl sites for hydroxylation is 2. The van der Waals surface area contributed by atoms with Crippen molar-refractivity contribution in [3.05, 3.63) is 45.8 Å². The van der Waals surface area contributed by atoms with Crippen molar-refractivity contribution < 1.29 is 14.3 Å². The highest BCUT2D eigenvalue weighted by Crippen LogP contribution is 2.27. The Bertz CT molecular complexity index is 948. The zero-order chi connectivity index (χ0) is 19.4. The number of halogens is 1. The van der Waals surface area contributed by atoms with Gasteiger partial charge in [-0.05, 0) is 47.7 Å². The largest absolute Gasteiger partial charge is 0.454 e. The molecule has 0 aliphatic heterocycles. The van der Waals surface area contributed by atoms with Gasteiger partial charge in [0.05, 0.1) is 15.6 Å². The maximum absolute atomic E-state index is 12.0. The third kappa shape index (κ3) is 4.89. The second-order valence-corrected chi connectivity index (χ2v) is 7.12. The topological polar surface area (TPSA) is 99.0 Å². The minimum Gasteiger partial charge on any atom is -0.454 e. The summed E-state index contributed by atoms with van der Waals surface area (Å²) in [4.78, 5) is 25.9. The first kappa shape index (κ1) is 19.0. The number of nitrogens with zero attached hydrogens (tertiary/aromatic N) is 4. The molecule has 0 unspecified atom stereocenters. The van der Waals surface area contributed by atoms with Crippen molar-refractivity contribution in [2.45, 2.75) is 20.4 Å². The standard InChI is InChI=1S/C17H16ClN5O3S/c1-10-6-11(2)16(12(18)7-10)19-14(24)9-26-15(25)8-23-21-17(20-22-23)13-4-3-5-27-13/h3-7H,8-9H2,1-2H3,(H,19,24). The molecule has 0 aliphatic rings. The van der Waals surface area contributed by atoms with Crippen molar-refractivity contribution in [1.82, 2.24) is 20.2 Å². The summed E-state index contributed by atoms with van der Waals surface area (Å²) in [5.41, 5.74) is 2.32. The number of rotatable bonds is 6. The molecule has 0 atom stereocenters. The van der Waals surface area contributed by atoms with Gasteiger partial charge in [0.25, 0.3) is 5.91 Å². The Balaban J connectivity index is 1.51. The molecule has 3 rings (SSSR count). The van der Waals surface area contributed by atoms with Crippen LogP contribution in [-0.2, 0) is 20.9 Å². The van der Waals surface area contributed by atoms with E-state index in [0.29, 0.717) is 16.5 Å². The zero-order valence-electron chi connectivity index (χ0n) is 14.6. The highest BCUT2D eigenvalue weighted by Gasteiger charge is 2.14. The number of benzene rings is 1. The smallest absolute Gasteiger partial charge is 0.330 e. The highest BCUT2D eigenvalue weighted by molar-refractivity contribution is 7.13. The number of tetrazole rings is 1. The third-order valence-corrected chi connectivity index (χ3v) is 4.69.